The molecule has 1 unspecified atom stereocenters. The van der Waals surface area contributed by atoms with Crippen molar-refractivity contribution in [3.8, 4) is 5.88 Å². The summed E-state index contributed by atoms with van der Waals surface area (Å²) in [6, 6.07) is 17.6. The molecule has 4 aromatic rings. The van der Waals surface area contributed by atoms with Gasteiger partial charge in [0, 0.05) is 14.1 Å². The number of aromatic nitrogens is 2. The van der Waals surface area contributed by atoms with Gasteiger partial charge in [0.1, 0.15) is 0 Å². The third-order valence-corrected chi connectivity index (χ3v) is 6.60. The van der Waals surface area contributed by atoms with Crippen LogP contribution < -0.4 is 11.2 Å². The van der Waals surface area contributed by atoms with Crippen LogP contribution in [0.2, 0.25) is 0 Å². The van der Waals surface area contributed by atoms with Gasteiger partial charge in [0.15, 0.2) is 5.56 Å². The highest BCUT2D eigenvalue weighted by Crippen LogP contribution is 2.39. The van der Waals surface area contributed by atoms with Gasteiger partial charge in [-0.05, 0) is 51.9 Å². The molecule has 0 spiro atoms. The molecule has 7 nitrogen and oxygen atoms in total. The van der Waals surface area contributed by atoms with Crippen molar-refractivity contribution in [2.24, 2.45) is 14.1 Å². The number of fused-ring (bicyclic) bond motifs is 5. The Morgan fingerprint density at radius 1 is 0.970 bits per heavy atom. The Balaban J connectivity index is 0.000000166. The molecular weight excluding hydrogens is 444 g/mol. The lowest BCUT2D eigenvalue weighted by Gasteiger charge is -2.22. The molecule has 0 fully saturated rings. The van der Waals surface area contributed by atoms with E-state index in [1.165, 1.54) is 46.1 Å². The number of hydrogen-bond acceptors (Lipinski definition) is 4. The molecule has 0 aliphatic heterocycles. The summed E-state index contributed by atoms with van der Waals surface area (Å²) >= 11 is 6.47. The maximum atomic E-state index is 11.2. The number of hydrogen-bond donors (Lipinski definition) is 2. The van der Waals surface area contributed by atoms with Crippen molar-refractivity contribution < 1.29 is 15.0 Å². The first kappa shape index (κ1) is 22.6. The number of aromatic carboxylic acids is 1. The molecule has 170 valence electrons. The summed E-state index contributed by atoms with van der Waals surface area (Å²) in [6.07, 6.45) is 3.47. The minimum atomic E-state index is -1.57. The SMILES string of the molecule is ClC1CCCc2c1ccc1c2ccc2ccccc21.Cn1c(O)c(C(=O)O)c(=O)n(C)c1=O. The maximum Gasteiger partial charge on any atom is 0.346 e. The number of alkyl halides is 1. The molecule has 1 heterocycles. The van der Waals surface area contributed by atoms with E-state index in [1.54, 1.807) is 0 Å². The van der Waals surface area contributed by atoms with Gasteiger partial charge in [-0.2, -0.15) is 0 Å². The fourth-order valence-electron chi connectivity index (χ4n) is 4.37. The molecule has 5 rings (SSSR count). The monoisotopic (exact) mass is 466 g/mol. The van der Waals surface area contributed by atoms with Crippen molar-refractivity contribution in [3.05, 3.63) is 86.1 Å². The number of rotatable bonds is 1. The van der Waals surface area contributed by atoms with E-state index < -0.39 is 28.7 Å². The van der Waals surface area contributed by atoms with E-state index in [0.29, 0.717) is 9.13 Å². The molecule has 1 aliphatic rings. The van der Waals surface area contributed by atoms with Crippen LogP contribution in [0.5, 0.6) is 5.88 Å². The largest absolute Gasteiger partial charge is 0.494 e. The summed E-state index contributed by atoms with van der Waals surface area (Å²) in [7, 11) is 2.31. The zero-order valence-electron chi connectivity index (χ0n) is 18.2. The predicted octanol–water partition coefficient (Wildman–Crippen LogP) is 4.10. The van der Waals surface area contributed by atoms with Crippen LogP contribution in [0.4, 0.5) is 0 Å². The number of aromatic hydroxyl groups is 1. The summed E-state index contributed by atoms with van der Waals surface area (Å²) in [5.41, 5.74) is 0.190. The van der Waals surface area contributed by atoms with Crippen molar-refractivity contribution in [2.45, 2.75) is 24.6 Å². The van der Waals surface area contributed by atoms with Gasteiger partial charge in [-0.1, -0.05) is 48.5 Å². The second-order valence-corrected chi connectivity index (χ2v) is 8.61. The van der Waals surface area contributed by atoms with E-state index in [0.717, 1.165) is 19.9 Å². The normalized spacial score (nSPS) is 15.1. The van der Waals surface area contributed by atoms with Crippen LogP contribution in [0.1, 0.15) is 39.7 Å². The molecular formula is C25H23ClN2O5. The molecule has 1 aromatic heterocycles. The van der Waals surface area contributed by atoms with Crippen LogP contribution in [-0.2, 0) is 20.5 Å². The highest BCUT2D eigenvalue weighted by molar-refractivity contribution is 6.21. The Morgan fingerprint density at radius 2 is 1.67 bits per heavy atom. The van der Waals surface area contributed by atoms with Crippen LogP contribution in [0.3, 0.4) is 0 Å². The fraction of sp³-hybridized carbons (Fsp3) is 0.240. The van der Waals surface area contributed by atoms with Crippen molar-refractivity contribution in [2.75, 3.05) is 0 Å². The van der Waals surface area contributed by atoms with Gasteiger partial charge in [0.25, 0.3) is 5.56 Å². The molecule has 0 amide bonds. The molecule has 0 bridgehead atoms. The van der Waals surface area contributed by atoms with Gasteiger partial charge in [-0.3, -0.25) is 13.9 Å². The lowest BCUT2D eigenvalue weighted by molar-refractivity contribution is 0.0688. The van der Waals surface area contributed by atoms with Gasteiger partial charge in [0.2, 0.25) is 5.88 Å². The topological polar surface area (TPSA) is 102 Å². The van der Waals surface area contributed by atoms with Crippen LogP contribution >= 0.6 is 11.6 Å². The Bertz CT molecular complexity index is 1520. The first-order valence-corrected chi connectivity index (χ1v) is 11.0. The predicted molar refractivity (Wildman–Crippen MR) is 129 cm³/mol. The summed E-state index contributed by atoms with van der Waals surface area (Å²) in [6.45, 7) is 0. The molecule has 8 heteroatoms. The lowest BCUT2D eigenvalue weighted by Crippen LogP contribution is -2.39. The molecule has 3 aromatic carbocycles. The number of carbonyl (C=O) groups is 1. The first-order chi connectivity index (χ1) is 15.7. The third kappa shape index (κ3) is 3.89. The maximum absolute atomic E-state index is 11.2. The van der Waals surface area contributed by atoms with E-state index in [-0.39, 0.29) is 5.38 Å². The average molecular weight is 467 g/mol. The van der Waals surface area contributed by atoms with Gasteiger partial charge >= 0.3 is 11.7 Å². The van der Waals surface area contributed by atoms with Crippen molar-refractivity contribution in [1.82, 2.24) is 9.13 Å². The van der Waals surface area contributed by atoms with Crippen LogP contribution in [0.15, 0.2) is 58.1 Å². The number of carboxylic acids is 1. The molecule has 1 atom stereocenters. The van der Waals surface area contributed by atoms with Gasteiger partial charge < -0.3 is 10.2 Å². The molecule has 0 radical (unpaired) electrons. The highest BCUT2D eigenvalue weighted by atomic mass is 35.5. The Morgan fingerprint density at radius 3 is 2.39 bits per heavy atom. The number of nitrogens with zero attached hydrogens (tertiary/aromatic N) is 2. The third-order valence-electron chi connectivity index (χ3n) is 6.14. The zero-order valence-corrected chi connectivity index (χ0v) is 19.0. The molecule has 0 saturated carbocycles. The summed E-state index contributed by atoms with van der Waals surface area (Å²) in [4.78, 5) is 32.9. The Labute approximate surface area is 194 Å². The summed E-state index contributed by atoms with van der Waals surface area (Å²) in [5, 5.41) is 23.4. The zero-order chi connectivity index (χ0) is 23.9. The summed E-state index contributed by atoms with van der Waals surface area (Å²) < 4.78 is 1.30. The number of carboxylic acid groups (broad SMARTS) is 1. The van der Waals surface area contributed by atoms with Gasteiger partial charge in [-0.15, -0.1) is 11.6 Å². The molecule has 0 saturated heterocycles. The van der Waals surface area contributed by atoms with E-state index >= 15 is 0 Å². The average Bonchev–Trinajstić information content (AvgIpc) is 2.81. The van der Waals surface area contributed by atoms with Crippen LogP contribution in [0.25, 0.3) is 21.5 Å². The van der Waals surface area contributed by atoms with Crippen molar-refractivity contribution in [1.29, 1.82) is 0 Å². The molecule has 1 aliphatic carbocycles. The van der Waals surface area contributed by atoms with Crippen LogP contribution in [0, 0.1) is 0 Å². The fourth-order valence-corrected chi connectivity index (χ4v) is 4.73. The highest BCUT2D eigenvalue weighted by Gasteiger charge is 2.21. The van der Waals surface area contributed by atoms with E-state index in [2.05, 4.69) is 48.5 Å². The minimum Gasteiger partial charge on any atom is -0.494 e. The standard InChI is InChI=1S/C18H15Cl.C7H8N2O5/c19-18-7-3-6-14-16-9-8-12-4-1-2-5-13(12)15(16)10-11-17(14)18;1-8-4(10)3(6(12)13)5(11)9(2)7(8)14/h1-2,4-5,8-11,18H,3,6-7H2;10H,1-2H3,(H,12,13). The van der Waals surface area contributed by atoms with Crippen molar-refractivity contribution in [3.63, 3.8) is 0 Å². The minimum absolute atomic E-state index is 0.194. The van der Waals surface area contributed by atoms with E-state index in [4.69, 9.17) is 16.7 Å². The van der Waals surface area contributed by atoms with Gasteiger partial charge in [-0.25, -0.2) is 9.59 Å². The summed E-state index contributed by atoms with van der Waals surface area (Å²) in [5.74, 6) is -2.41. The Kier molecular flexibility index (Phi) is 5.99. The molecule has 33 heavy (non-hydrogen) atoms. The first-order valence-electron chi connectivity index (χ1n) is 10.5. The van der Waals surface area contributed by atoms with E-state index in [9.17, 15) is 19.5 Å². The van der Waals surface area contributed by atoms with Crippen molar-refractivity contribution >= 4 is 39.1 Å². The number of halogens is 1. The Hall–Kier alpha value is -3.58. The second-order valence-electron chi connectivity index (χ2n) is 8.08. The van der Waals surface area contributed by atoms with Gasteiger partial charge in [0.05, 0.1) is 5.38 Å². The smallest absolute Gasteiger partial charge is 0.346 e. The molecule has 2 N–H and O–H groups in total. The second kappa shape index (κ2) is 8.75. The number of aryl methyl sites for hydroxylation is 1. The van der Waals surface area contributed by atoms with Crippen LogP contribution in [-0.4, -0.2) is 25.3 Å². The number of benzene rings is 3. The quantitative estimate of drug-likeness (QED) is 0.325. The van der Waals surface area contributed by atoms with E-state index in [1.807, 2.05) is 0 Å². The lowest BCUT2D eigenvalue weighted by atomic mass is 9.86.